The van der Waals surface area contributed by atoms with Crippen LogP contribution in [0, 0.1) is 13.8 Å². The van der Waals surface area contributed by atoms with Crippen molar-refractivity contribution < 1.29 is 4.74 Å². The lowest BCUT2D eigenvalue weighted by molar-refractivity contribution is 0.478. The zero-order valence-electron chi connectivity index (χ0n) is 16.5. The molecular formula is C23H30N2O. The first kappa shape index (κ1) is 18.5. The molecule has 3 nitrogen and oxygen atoms in total. The van der Waals surface area contributed by atoms with Crippen molar-refractivity contribution in [1.82, 2.24) is 4.90 Å². The Morgan fingerprint density at radius 2 is 1.77 bits per heavy atom. The first-order valence-corrected chi connectivity index (χ1v) is 9.70. The molecule has 2 aromatic carbocycles. The van der Waals surface area contributed by atoms with Crippen LogP contribution in [-0.2, 0) is 0 Å². The molecule has 26 heavy (non-hydrogen) atoms. The lowest BCUT2D eigenvalue weighted by Gasteiger charge is -2.14. The van der Waals surface area contributed by atoms with E-state index in [2.05, 4.69) is 67.1 Å². The minimum atomic E-state index is 0.742. The summed E-state index contributed by atoms with van der Waals surface area (Å²) < 4.78 is 6.15. The van der Waals surface area contributed by atoms with E-state index < -0.39 is 0 Å². The third-order valence-corrected chi connectivity index (χ3v) is 5.32. The van der Waals surface area contributed by atoms with Crippen LogP contribution in [0.2, 0.25) is 0 Å². The fraction of sp³-hybridized carbons (Fsp3) is 0.435. The molecule has 0 aromatic heterocycles. The van der Waals surface area contributed by atoms with E-state index in [9.17, 15) is 0 Å². The molecule has 0 amide bonds. The van der Waals surface area contributed by atoms with Gasteiger partial charge in [-0.2, -0.15) is 0 Å². The summed E-state index contributed by atoms with van der Waals surface area (Å²) >= 11 is 0. The molecule has 1 aliphatic rings. The molecule has 0 atom stereocenters. The minimum absolute atomic E-state index is 0.742. The number of aryl methyl sites for hydroxylation is 2. The Labute approximate surface area is 157 Å². The van der Waals surface area contributed by atoms with Crippen LogP contribution in [0.5, 0.6) is 11.5 Å². The van der Waals surface area contributed by atoms with Gasteiger partial charge in [-0.15, -0.1) is 0 Å². The first-order valence-electron chi connectivity index (χ1n) is 9.70. The average Bonchev–Trinajstić information content (AvgIpc) is 3.18. The highest BCUT2D eigenvalue weighted by Gasteiger charge is 2.16. The summed E-state index contributed by atoms with van der Waals surface area (Å²) in [5.74, 6) is 2.54. The van der Waals surface area contributed by atoms with Gasteiger partial charge in [0.2, 0.25) is 0 Å². The molecule has 1 saturated carbocycles. The van der Waals surface area contributed by atoms with Crippen molar-refractivity contribution in [3.05, 3.63) is 53.1 Å². The zero-order chi connectivity index (χ0) is 18.5. The second-order valence-corrected chi connectivity index (χ2v) is 7.37. The summed E-state index contributed by atoms with van der Waals surface area (Å²) in [6.45, 7) is 7.21. The van der Waals surface area contributed by atoms with E-state index in [4.69, 9.17) is 4.74 Å². The number of ether oxygens (including phenoxy) is 1. The molecule has 1 fully saturated rings. The lowest BCUT2D eigenvalue weighted by atomic mass is 9.98. The third kappa shape index (κ3) is 4.46. The fourth-order valence-corrected chi connectivity index (χ4v) is 3.46. The summed E-state index contributed by atoms with van der Waals surface area (Å²) in [6.07, 6.45) is 7.26. The molecule has 138 valence electrons. The highest BCUT2D eigenvalue weighted by Crippen LogP contribution is 2.36. The molecule has 2 aromatic rings. The summed E-state index contributed by atoms with van der Waals surface area (Å²) in [5.41, 5.74) is 4.66. The molecule has 0 N–H and O–H groups in total. The normalized spacial score (nSPS) is 14.9. The standard InChI is InChI=1S/C23H30N2O/c1-5-25(4)16-24-22-14-18(3)23(15-17(22)2)26-21-12-10-20(11-13-21)19-8-6-7-9-19/h10-16,19H,5-9H2,1-4H3/b24-16-. The number of hydrogen-bond acceptors (Lipinski definition) is 2. The predicted molar refractivity (Wildman–Crippen MR) is 110 cm³/mol. The maximum atomic E-state index is 6.15. The van der Waals surface area contributed by atoms with Crippen molar-refractivity contribution >= 4 is 12.0 Å². The molecule has 0 heterocycles. The summed E-state index contributed by atoms with van der Waals surface area (Å²) in [5, 5.41) is 0. The van der Waals surface area contributed by atoms with Crippen molar-refractivity contribution in [3.8, 4) is 11.5 Å². The van der Waals surface area contributed by atoms with Crippen molar-refractivity contribution in [3.63, 3.8) is 0 Å². The van der Waals surface area contributed by atoms with E-state index in [1.54, 1.807) is 0 Å². The molecule has 0 bridgehead atoms. The smallest absolute Gasteiger partial charge is 0.130 e. The van der Waals surface area contributed by atoms with Crippen molar-refractivity contribution in [1.29, 1.82) is 0 Å². The van der Waals surface area contributed by atoms with Gasteiger partial charge in [0.1, 0.15) is 11.5 Å². The highest BCUT2D eigenvalue weighted by atomic mass is 16.5. The molecule has 3 heteroatoms. The van der Waals surface area contributed by atoms with Crippen LogP contribution in [-0.4, -0.2) is 24.8 Å². The van der Waals surface area contributed by atoms with E-state index in [-0.39, 0.29) is 0 Å². The van der Waals surface area contributed by atoms with Gasteiger partial charge in [-0.3, -0.25) is 0 Å². The number of nitrogens with zero attached hydrogens (tertiary/aromatic N) is 2. The Balaban J connectivity index is 1.73. The lowest BCUT2D eigenvalue weighted by Crippen LogP contribution is -2.14. The average molecular weight is 351 g/mol. The van der Waals surface area contributed by atoms with Gasteiger partial charge in [0.05, 0.1) is 12.0 Å². The SMILES string of the molecule is CCN(C)/C=N\c1cc(C)c(Oc2ccc(C3CCCC3)cc2)cc1C. The van der Waals surface area contributed by atoms with Crippen LogP contribution in [0.1, 0.15) is 55.2 Å². The molecule has 1 aliphatic carbocycles. The number of hydrogen-bond donors (Lipinski definition) is 0. The molecule has 3 rings (SSSR count). The van der Waals surface area contributed by atoms with Crippen LogP contribution in [0.4, 0.5) is 5.69 Å². The maximum Gasteiger partial charge on any atom is 0.130 e. The largest absolute Gasteiger partial charge is 0.457 e. The van der Waals surface area contributed by atoms with Gasteiger partial charge < -0.3 is 9.64 Å². The van der Waals surface area contributed by atoms with Crippen molar-refractivity contribution in [2.75, 3.05) is 13.6 Å². The van der Waals surface area contributed by atoms with Gasteiger partial charge in [-0.1, -0.05) is 25.0 Å². The minimum Gasteiger partial charge on any atom is -0.457 e. The number of rotatable bonds is 6. The topological polar surface area (TPSA) is 24.8 Å². The van der Waals surface area contributed by atoms with Crippen LogP contribution < -0.4 is 4.74 Å². The van der Waals surface area contributed by atoms with Gasteiger partial charge in [0.25, 0.3) is 0 Å². The van der Waals surface area contributed by atoms with E-state index in [0.29, 0.717) is 0 Å². The third-order valence-electron chi connectivity index (χ3n) is 5.32. The van der Waals surface area contributed by atoms with Crippen molar-refractivity contribution in [2.24, 2.45) is 4.99 Å². The number of aliphatic imine (C=N–C) groups is 1. The Morgan fingerprint density at radius 1 is 1.08 bits per heavy atom. The Kier molecular flexibility index (Phi) is 5.97. The molecule has 0 saturated heterocycles. The van der Waals surface area contributed by atoms with Crippen LogP contribution in [0.15, 0.2) is 41.4 Å². The molecule has 0 aliphatic heterocycles. The van der Waals surface area contributed by atoms with Gasteiger partial charge in [-0.25, -0.2) is 4.99 Å². The summed E-state index contributed by atoms with van der Waals surface area (Å²) in [4.78, 5) is 6.65. The Bertz CT molecular complexity index is 759. The van der Waals surface area contributed by atoms with Crippen molar-refractivity contribution in [2.45, 2.75) is 52.4 Å². The molecule has 0 unspecified atom stereocenters. The second-order valence-electron chi connectivity index (χ2n) is 7.37. The van der Waals surface area contributed by atoms with Crippen LogP contribution >= 0.6 is 0 Å². The van der Waals surface area contributed by atoms with E-state index in [1.165, 1.54) is 31.2 Å². The van der Waals surface area contributed by atoms with Crippen LogP contribution in [0.25, 0.3) is 0 Å². The van der Waals surface area contributed by atoms with Gasteiger partial charge in [-0.05, 0) is 80.5 Å². The molecule has 0 spiro atoms. The first-order chi connectivity index (χ1) is 12.6. The van der Waals surface area contributed by atoms with Crippen LogP contribution in [0.3, 0.4) is 0 Å². The molecular weight excluding hydrogens is 320 g/mol. The highest BCUT2D eigenvalue weighted by molar-refractivity contribution is 5.64. The van der Waals surface area contributed by atoms with Gasteiger partial charge >= 0.3 is 0 Å². The number of benzene rings is 2. The summed E-state index contributed by atoms with van der Waals surface area (Å²) in [7, 11) is 2.03. The predicted octanol–water partition coefficient (Wildman–Crippen LogP) is 6.36. The monoisotopic (exact) mass is 350 g/mol. The van der Waals surface area contributed by atoms with E-state index in [1.807, 2.05) is 13.4 Å². The van der Waals surface area contributed by atoms with Gasteiger partial charge in [0, 0.05) is 13.6 Å². The molecule has 0 radical (unpaired) electrons. The Morgan fingerprint density at radius 3 is 2.42 bits per heavy atom. The summed E-state index contributed by atoms with van der Waals surface area (Å²) in [6, 6.07) is 12.8. The Hall–Kier alpha value is -2.29. The van der Waals surface area contributed by atoms with E-state index >= 15 is 0 Å². The zero-order valence-corrected chi connectivity index (χ0v) is 16.5. The maximum absolute atomic E-state index is 6.15. The fourth-order valence-electron chi connectivity index (χ4n) is 3.46. The van der Waals surface area contributed by atoms with E-state index in [0.717, 1.165) is 40.8 Å². The quantitative estimate of drug-likeness (QED) is 0.447. The second kappa shape index (κ2) is 8.39. The van der Waals surface area contributed by atoms with Gasteiger partial charge in [0.15, 0.2) is 0 Å².